The maximum Gasteiger partial charge on any atom is 0.408 e. The first-order chi connectivity index (χ1) is 10.7. The number of benzene rings is 1. The average molecular weight is 316 g/mol. The Kier molecular flexibility index (Phi) is 3.43. The molecule has 6 nitrogen and oxygen atoms in total. The van der Waals surface area contributed by atoms with Gasteiger partial charge in [0.25, 0.3) is 11.8 Å². The Morgan fingerprint density at radius 2 is 1.70 bits per heavy atom. The molecule has 1 aliphatic carbocycles. The molecule has 23 heavy (non-hydrogen) atoms. The first-order valence-electron chi connectivity index (χ1n) is 7.67. The Morgan fingerprint density at radius 3 is 2.13 bits per heavy atom. The highest BCUT2D eigenvalue weighted by Gasteiger charge is 2.50. The van der Waals surface area contributed by atoms with E-state index in [-0.39, 0.29) is 18.4 Å². The number of carbonyl (C=O) groups is 3. The van der Waals surface area contributed by atoms with Crippen molar-refractivity contribution in [2.45, 2.75) is 44.8 Å². The van der Waals surface area contributed by atoms with Crippen molar-refractivity contribution >= 4 is 17.9 Å². The third kappa shape index (κ3) is 3.06. The minimum atomic E-state index is -0.588. The average Bonchev–Trinajstić information content (AvgIpc) is 3.16. The Labute approximate surface area is 134 Å². The minimum Gasteiger partial charge on any atom is -0.444 e. The summed E-state index contributed by atoms with van der Waals surface area (Å²) in [6, 6.07) is 6.77. The molecule has 0 aromatic heterocycles. The Balaban J connectivity index is 1.70. The molecule has 6 heteroatoms. The number of nitrogens with zero attached hydrogens (tertiary/aromatic N) is 1. The molecule has 1 aliphatic heterocycles. The molecule has 0 radical (unpaired) electrons. The maximum atomic E-state index is 12.4. The van der Waals surface area contributed by atoms with Crippen molar-refractivity contribution < 1.29 is 19.1 Å². The third-order valence-electron chi connectivity index (χ3n) is 3.96. The molecule has 0 atom stereocenters. The van der Waals surface area contributed by atoms with E-state index in [0.717, 1.165) is 12.8 Å². The van der Waals surface area contributed by atoms with E-state index in [1.54, 1.807) is 45.0 Å². The van der Waals surface area contributed by atoms with Crippen molar-refractivity contribution in [1.29, 1.82) is 0 Å². The monoisotopic (exact) mass is 316 g/mol. The molecule has 1 aromatic rings. The highest BCUT2D eigenvalue weighted by atomic mass is 16.6. The summed E-state index contributed by atoms with van der Waals surface area (Å²) in [7, 11) is 0. The molecule has 3 amide bonds. The second-order valence-corrected chi connectivity index (χ2v) is 7.15. The molecule has 0 spiro atoms. The van der Waals surface area contributed by atoms with E-state index >= 15 is 0 Å². The van der Waals surface area contributed by atoms with E-state index in [2.05, 4.69) is 5.32 Å². The van der Waals surface area contributed by atoms with Gasteiger partial charge in [0.1, 0.15) is 5.60 Å². The second kappa shape index (κ2) is 5.08. The van der Waals surface area contributed by atoms with Gasteiger partial charge in [0, 0.05) is 0 Å². The van der Waals surface area contributed by atoms with Gasteiger partial charge in [-0.25, -0.2) is 4.79 Å². The van der Waals surface area contributed by atoms with Crippen molar-refractivity contribution in [3.63, 3.8) is 0 Å². The van der Waals surface area contributed by atoms with Gasteiger partial charge in [-0.1, -0.05) is 12.1 Å². The molecule has 1 aromatic carbocycles. The van der Waals surface area contributed by atoms with Crippen LogP contribution < -0.4 is 5.32 Å². The summed E-state index contributed by atoms with van der Waals surface area (Å²) >= 11 is 0. The zero-order chi connectivity index (χ0) is 16.8. The first kappa shape index (κ1) is 15.5. The summed E-state index contributed by atoms with van der Waals surface area (Å²) < 4.78 is 5.26. The SMILES string of the molecule is CC(C)(C)OC(=O)NC1(CN2C(=O)c3ccccc3C2=O)CC1. The van der Waals surface area contributed by atoms with Crippen molar-refractivity contribution in [3.05, 3.63) is 35.4 Å². The molecule has 122 valence electrons. The van der Waals surface area contributed by atoms with Crippen LogP contribution in [0.1, 0.15) is 54.3 Å². The van der Waals surface area contributed by atoms with Crippen LogP contribution in [-0.4, -0.2) is 40.5 Å². The largest absolute Gasteiger partial charge is 0.444 e. The molecule has 3 rings (SSSR count). The number of alkyl carbamates (subject to hydrolysis) is 1. The lowest BCUT2D eigenvalue weighted by atomic mass is 10.1. The van der Waals surface area contributed by atoms with Gasteiger partial charge in [-0.3, -0.25) is 14.5 Å². The zero-order valence-corrected chi connectivity index (χ0v) is 13.5. The summed E-state index contributed by atoms with van der Waals surface area (Å²) in [6.07, 6.45) is 0.922. The van der Waals surface area contributed by atoms with Gasteiger partial charge in [0.05, 0.1) is 23.2 Å². The lowest BCUT2D eigenvalue weighted by Crippen LogP contribution is -2.48. The Hall–Kier alpha value is -2.37. The smallest absolute Gasteiger partial charge is 0.408 e. The number of ether oxygens (including phenoxy) is 1. The van der Waals surface area contributed by atoms with Gasteiger partial charge in [-0.2, -0.15) is 0 Å². The predicted molar refractivity (Wildman–Crippen MR) is 83.1 cm³/mol. The van der Waals surface area contributed by atoms with Crippen molar-refractivity contribution in [2.24, 2.45) is 0 Å². The van der Waals surface area contributed by atoms with E-state index in [1.165, 1.54) is 4.90 Å². The summed E-state index contributed by atoms with van der Waals surface area (Å²) in [6.45, 7) is 5.54. The zero-order valence-electron chi connectivity index (χ0n) is 13.5. The quantitative estimate of drug-likeness (QED) is 0.869. The molecule has 0 bridgehead atoms. The van der Waals surface area contributed by atoms with Gasteiger partial charge < -0.3 is 10.1 Å². The molecule has 1 heterocycles. The minimum absolute atomic E-state index is 0.179. The second-order valence-electron chi connectivity index (χ2n) is 7.15. The van der Waals surface area contributed by atoms with Gasteiger partial charge in [0.15, 0.2) is 0 Å². The van der Waals surface area contributed by atoms with Gasteiger partial charge in [-0.15, -0.1) is 0 Å². The molecule has 1 fully saturated rings. The molecular weight excluding hydrogens is 296 g/mol. The molecular formula is C17H20N2O4. The molecule has 0 saturated heterocycles. The predicted octanol–water partition coefficient (Wildman–Crippen LogP) is 2.34. The normalized spacial score (nSPS) is 18.7. The summed E-state index contributed by atoms with van der Waals surface area (Å²) in [5.41, 5.74) is -0.304. The summed E-state index contributed by atoms with van der Waals surface area (Å²) in [5, 5.41) is 2.81. The number of hydrogen-bond acceptors (Lipinski definition) is 4. The van der Waals surface area contributed by atoms with E-state index in [0.29, 0.717) is 11.1 Å². The fraction of sp³-hybridized carbons (Fsp3) is 0.471. The molecule has 2 aliphatic rings. The third-order valence-corrected chi connectivity index (χ3v) is 3.96. The van der Waals surface area contributed by atoms with Crippen LogP contribution in [0.15, 0.2) is 24.3 Å². The van der Waals surface area contributed by atoms with Crippen LogP contribution in [-0.2, 0) is 4.74 Å². The lowest BCUT2D eigenvalue weighted by molar-refractivity contribution is 0.0456. The number of hydrogen-bond donors (Lipinski definition) is 1. The van der Waals surface area contributed by atoms with E-state index < -0.39 is 17.2 Å². The van der Waals surface area contributed by atoms with Crippen LogP contribution in [0.2, 0.25) is 0 Å². The summed E-state index contributed by atoms with van der Waals surface area (Å²) in [5.74, 6) is -0.606. The van der Waals surface area contributed by atoms with E-state index in [4.69, 9.17) is 4.74 Å². The first-order valence-corrected chi connectivity index (χ1v) is 7.67. The molecule has 0 unspecified atom stereocenters. The van der Waals surface area contributed by atoms with Gasteiger partial charge in [0.2, 0.25) is 0 Å². The van der Waals surface area contributed by atoms with Crippen LogP contribution >= 0.6 is 0 Å². The fourth-order valence-electron chi connectivity index (χ4n) is 2.68. The molecule has 1 saturated carbocycles. The van der Waals surface area contributed by atoms with Crippen LogP contribution in [0, 0.1) is 0 Å². The highest BCUT2D eigenvalue weighted by Crippen LogP contribution is 2.38. The number of nitrogens with one attached hydrogen (secondary N) is 1. The van der Waals surface area contributed by atoms with Crippen LogP contribution in [0.25, 0.3) is 0 Å². The van der Waals surface area contributed by atoms with E-state index in [9.17, 15) is 14.4 Å². The standard InChI is InChI=1S/C17H20N2O4/c1-16(2,3)23-15(22)18-17(8-9-17)10-19-13(20)11-6-4-5-7-12(11)14(19)21/h4-7H,8-10H2,1-3H3,(H,18,22). The lowest BCUT2D eigenvalue weighted by Gasteiger charge is -2.26. The number of rotatable bonds is 3. The van der Waals surface area contributed by atoms with E-state index in [1.807, 2.05) is 0 Å². The molecule has 1 N–H and O–H groups in total. The number of imide groups is 1. The highest BCUT2D eigenvalue weighted by molar-refractivity contribution is 6.21. The fourth-order valence-corrected chi connectivity index (χ4v) is 2.68. The van der Waals surface area contributed by atoms with Crippen LogP contribution in [0.4, 0.5) is 4.79 Å². The van der Waals surface area contributed by atoms with Crippen molar-refractivity contribution in [1.82, 2.24) is 10.2 Å². The Bertz CT molecular complexity index is 651. The number of fused-ring (bicyclic) bond motifs is 1. The topological polar surface area (TPSA) is 75.7 Å². The number of carbonyl (C=O) groups excluding carboxylic acids is 3. The van der Waals surface area contributed by atoms with Gasteiger partial charge in [-0.05, 0) is 45.7 Å². The summed E-state index contributed by atoms with van der Waals surface area (Å²) in [4.78, 5) is 37.9. The van der Waals surface area contributed by atoms with Gasteiger partial charge >= 0.3 is 6.09 Å². The number of amides is 3. The van der Waals surface area contributed by atoms with Crippen molar-refractivity contribution in [3.8, 4) is 0 Å². The van der Waals surface area contributed by atoms with Crippen LogP contribution in [0.5, 0.6) is 0 Å². The maximum absolute atomic E-state index is 12.4. The Morgan fingerprint density at radius 1 is 1.17 bits per heavy atom. The van der Waals surface area contributed by atoms with Crippen molar-refractivity contribution in [2.75, 3.05) is 6.54 Å². The van der Waals surface area contributed by atoms with Crippen LogP contribution in [0.3, 0.4) is 0 Å².